The van der Waals surface area contributed by atoms with Crippen LogP contribution in [-0.4, -0.2) is 24.9 Å². The van der Waals surface area contributed by atoms with Crippen LogP contribution in [0.15, 0.2) is 24.3 Å². The number of rotatable bonds is 4. The first-order chi connectivity index (χ1) is 7.08. The molecule has 0 bridgehead atoms. The van der Waals surface area contributed by atoms with E-state index in [-0.39, 0.29) is 5.91 Å². The van der Waals surface area contributed by atoms with Gasteiger partial charge in [0.1, 0.15) is 0 Å². The Labute approximate surface area is 91.1 Å². The largest absolute Gasteiger partial charge is 0.352 e. The molecule has 0 saturated heterocycles. The molecule has 0 radical (unpaired) electrons. The van der Waals surface area contributed by atoms with Crippen molar-refractivity contribution in [1.82, 2.24) is 10.2 Å². The highest BCUT2D eigenvalue weighted by atomic mass is 16.1. The quantitative estimate of drug-likeness (QED) is 0.807. The molecule has 1 aromatic carbocycles. The molecule has 0 fully saturated rings. The van der Waals surface area contributed by atoms with Gasteiger partial charge in [-0.05, 0) is 25.2 Å². The number of nitrogens with zero attached hydrogens (tertiary/aromatic N) is 1. The molecular formula is C12H18N2O. The van der Waals surface area contributed by atoms with E-state index in [1.165, 1.54) is 12.5 Å². The average Bonchev–Trinajstić information content (AvgIpc) is 2.16. The normalized spacial score (nSPS) is 10.4. The molecule has 1 amide bonds. The van der Waals surface area contributed by atoms with Crippen LogP contribution in [0.4, 0.5) is 0 Å². The minimum atomic E-state index is 0.00682. The van der Waals surface area contributed by atoms with E-state index in [1.807, 2.05) is 14.1 Å². The first-order valence-corrected chi connectivity index (χ1v) is 5.05. The van der Waals surface area contributed by atoms with Crippen LogP contribution >= 0.6 is 0 Å². The molecule has 0 spiro atoms. The van der Waals surface area contributed by atoms with Crippen molar-refractivity contribution in [2.75, 3.05) is 14.1 Å². The third-order valence-corrected chi connectivity index (χ3v) is 2.06. The van der Waals surface area contributed by atoms with Crippen LogP contribution in [0.25, 0.3) is 0 Å². The third-order valence-electron chi connectivity index (χ3n) is 2.06. The molecular weight excluding hydrogens is 188 g/mol. The predicted molar refractivity (Wildman–Crippen MR) is 61.4 cm³/mol. The van der Waals surface area contributed by atoms with Gasteiger partial charge in [0.15, 0.2) is 0 Å². The zero-order valence-corrected chi connectivity index (χ0v) is 9.58. The summed E-state index contributed by atoms with van der Waals surface area (Å²) >= 11 is 0. The molecule has 1 aromatic rings. The van der Waals surface area contributed by atoms with Crippen LogP contribution in [0.3, 0.4) is 0 Å². The SMILES string of the molecule is CC(=O)NCc1ccc(CN(C)C)cc1. The maximum atomic E-state index is 10.7. The topological polar surface area (TPSA) is 32.3 Å². The molecule has 0 aliphatic rings. The number of nitrogens with one attached hydrogen (secondary N) is 1. The molecule has 3 heteroatoms. The van der Waals surface area contributed by atoms with Crippen molar-refractivity contribution in [3.63, 3.8) is 0 Å². The van der Waals surface area contributed by atoms with Crippen LogP contribution in [0, 0.1) is 0 Å². The standard InChI is InChI=1S/C12H18N2O/c1-10(15)13-8-11-4-6-12(7-5-11)9-14(2)3/h4-7H,8-9H2,1-3H3,(H,13,15). The Kier molecular flexibility index (Phi) is 4.31. The maximum Gasteiger partial charge on any atom is 0.217 e. The Hall–Kier alpha value is -1.35. The summed E-state index contributed by atoms with van der Waals surface area (Å²) in [4.78, 5) is 12.8. The molecule has 82 valence electrons. The summed E-state index contributed by atoms with van der Waals surface area (Å²) < 4.78 is 0. The van der Waals surface area contributed by atoms with E-state index in [0.717, 1.165) is 12.1 Å². The van der Waals surface area contributed by atoms with Gasteiger partial charge in [0.2, 0.25) is 5.91 Å². The molecule has 0 aliphatic heterocycles. The van der Waals surface area contributed by atoms with E-state index >= 15 is 0 Å². The molecule has 15 heavy (non-hydrogen) atoms. The van der Waals surface area contributed by atoms with Crippen molar-refractivity contribution in [1.29, 1.82) is 0 Å². The number of carbonyl (C=O) groups is 1. The lowest BCUT2D eigenvalue weighted by Gasteiger charge is -2.10. The summed E-state index contributed by atoms with van der Waals surface area (Å²) in [5.74, 6) is 0.00682. The second-order valence-corrected chi connectivity index (χ2v) is 3.96. The second-order valence-electron chi connectivity index (χ2n) is 3.96. The molecule has 0 aromatic heterocycles. The van der Waals surface area contributed by atoms with Crippen LogP contribution in [0.1, 0.15) is 18.1 Å². The van der Waals surface area contributed by atoms with E-state index in [9.17, 15) is 4.79 Å². The zero-order valence-electron chi connectivity index (χ0n) is 9.58. The van der Waals surface area contributed by atoms with Gasteiger partial charge in [-0.2, -0.15) is 0 Å². The zero-order chi connectivity index (χ0) is 11.3. The Balaban J connectivity index is 2.52. The van der Waals surface area contributed by atoms with Gasteiger partial charge >= 0.3 is 0 Å². The van der Waals surface area contributed by atoms with Gasteiger partial charge in [-0.15, -0.1) is 0 Å². The lowest BCUT2D eigenvalue weighted by Crippen LogP contribution is -2.18. The highest BCUT2D eigenvalue weighted by Crippen LogP contribution is 2.05. The fourth-order valence-electron chi connectivity index (χ4n) is 1.35. The number of benzene rings is 1. The maximum absolute atomic E-state index is 10.7. The summed E-state index contributed by atoms with van der Waals surface area (Å²) in [6, 6.07) is 8.29. The minimum Gasteiger partial charge on any atom is -0.352 e. The lowest BCUT2D eigenvalue weighted by atomic mass is 10.1. The first kappa shape index (κ1) is 11.7. The van der Waals surface area contributed by atoms with E-state index in [0.29, 0.717) is 6.54 Å². The van der Waals surface area contributed by atoms with Gasteiger partial charge in [-0.25, -0.2) is 0 Å². The fraction of sp³-hybridized carbons (Fsp3) is 0.417. The van der Waals surface area contributed by atoms with Crippen molar-refractivity contribution in [3.8, 4) is 0 Å². The Morgan fingerprint density at radius 3 is 2.20 bits per heavy atom. The van der Waals surface area contributed by atoms with Gasteiger partial charge in [0.05, 0.1) is 0 Å². The number of carbonyl (C=O) groups excluding carboxylic acids is 1. The summed E-state index contributed by atoms with van der Waals surface area (Å²) in [7, 11) is 4.09. The highest BCUT2D eigenvalue weighted by molar-refractivity contribution is 5.72. The van der Waals surface area contributed by atoms with Crippen molar-refractivity contribution < 1.29 is 4.79 Å². The van der Waals surface area contributed by atoms with Crippen LogP contribution in [0.5, 0.6) is 0 Å². The monoisotopic (exact) mass is 206 g/mol. The molecule has 3 nitrogen and oxygen atoms in total. The Morgan fingerprint density at radius 1 is 1.20 bits per heavy atom. The summed E-state index contributed by atoms with van der Waals surface area (Å²) in [6.07, 6.45) is 0. The summed E-state index contributed by atoms with van der Waals surface area (Å²) in [5.41, 5.74) is 2.42. The van der Waals surface area contributed by atoms with E-state index in [2.05, 4.69) is 34.5 Å². The van der Waals surface area contributed by atoms with Crippen molar-refractivity contribution in [2.45, 2.75) is 20.0 Å². The van der Waals surface area contributed by atoms with Gasteiger partial charge in [0.25, 0.3) is 0 Å². The Morgan fingerprint density at radius 2 is 1.73 bits per heavy atom. The van der Waals surface area contributed by atoms with Crippen LogP contribution in [-0.2, 0) is 17.9 Å². The summed E-state index contributed by atoms with van der Waals surface area (Å²) in [5, 5.41) is 2.77. The second kappa shape index (κ2) is 5.51. The molecule has 1 N–H and O–H groups in total. The van der Waals surface area contributed by atoms with Crippen molar-refractivity contribution in [2.24, 2.45) is 0 Å². The summed E-state index contributed by atoms with van der Waals surface area (Å²) in [6.45, 7) is 3.08. The average molecular weight is 206 g/mol. The number of hydrogen-bond acceptors (Lipinski definition) is 2. The van der Waals surface area contributed by atoms with Crippen LogP contribution < -0.4 is 5.32 Å². The molecule has 1 rings (SSSR count). The fourth-order valence-corrected chi connectivity index (χ4v) is 1.35. The van der Waals surface area contributed by atoms with E-state index in [1.54, 1.807) is 0 Å². The van der Waals surface area contributed by atoms with Crippen molar-refractivity contribution >= 4 is 5.91 Å². The first-order valence-electron chi connectivity index (χ1n) is 5.05. The van der Waals surface area contributed by atoms with Crippen LogP contribution in [0.2, 0.25) is 0 Å². The van der Waals surface area contributed by atoms with Gasteiger partial charge in [-0.1, -0.05) is 24.3 Å². The van der Waals surface area contributed by atoms with E-state index < -0.39 is 0 Å². The lowest BCUT2D eigenvalue weighted by molar-refractivity contribution is -0.119. The molecule has 0 unspecified atom stereocenters. The smallest absolute Gasteiger partial charge is 0.217 e. The predicted octanol–water partition coefficient (Wildman–Crippen LogP) is 1.38. The van der Waals surface area contributed by atoms with Gasteiger partial charge in [-0.3, -0.25) is 4.79 Å². The molecule has 0 atom stereocenters. The highest BCUT2D eigenvalue weighted by Gasteiger charge is 1.97. The van der Waals surface area contributed by atoms with E-state index in [4.69, 9.17) is 0 Å². The third kappa shape index (κ3) is 4.61. The minimum absolute atomic E-state index is 0.00682. The molecule has 0 heterocycles. The van der Waals surface area contributed by atoms with Gasteiger partial charge in [0, 0.05) is 20.0 Å². The Bertz CT molecular complexity index is 317. The van der Waals surface area contributed by atoms with Crippen molar-refractivity contribution in [3.05, 3.63) is 35.4 Å². The molecule has 0 aliphatic carbocycles. The molecule has 0 saturated carbocycles. The number of hydrogen-bond donors (Lipinski definition) is 1. The van der Waals surface area contributed by atoms with Gasteiger partial charge < -0.3 is 10.2 Å². The number of amides is 1.